The summed E-state index contributed by atoms with van der Waals surface area (Å²) in [6, 6.07) is 8.56. The molecule has 0 spiro atoms. The molecule has 1 aromatic carbocycles. The van der Waals surface area contributed by atoms with Gasteiger partial charge in [0.2, 0.25) is 0 Å². The first kappa shape index (κ1) is 13.2. The zero-order valence-electron chi connectivity index (χ0n) is 10.1. The maximum atomic E-state index is 8.43. The summed E-state index contributed by atoms with van der Waals surface area (Å²) in [5.74, 6) is 0.0227. The molecule has 0 bridgehead atoms. The Labute approximate surface area is 102 Å². The number of nitrogens with zero attached hydrogens (tertiary/aromatic N) is 2. The summed E-state index contributed by atoms with van der Waals surface area (Å²) < 4.78 is 0. The van der Waals surface area contributed by atoms with E-state index in [2.05, 4.69) is 11.9 Å². The standard InChI is InChI=1S/C8H7N3.C5H11N/c9-5-6-1-3-7(4-2-6)8(10)11;1-6-4-2-3-5-6/h1-4H,(H3,10,11);2-5H2,1H3. The van der Waals surface area contributed by atoms with Gasteiger partial charge < -0.3 is 10.6 Å². The number of benzene rings is 1. The van der Waals surface area contributed by atoms with Crippen LogP contribution in [0.5, 0.6) is 0 Å². The van der Waals surface area contributed by atoms with E-state index in [1.807, 2.05) is 6.07 Å². The predicted octanol–water partition coefficient (Wildman–Crippen LogP) is 1.55. The van der Waals surface area contributed by atoms with Crippen LogP contribution in [0.1, 0.15) is 24.0 Å². The van der Waals surface area contributed by atoms with Gasteiger partial charge in [-0.15, -0.1) is 0 Å². The Morgan fingerprint density at radius 2 is 1.82 bits per heavy atom. The van der Waals surface area contributed by atoms with Crippen LogP contribution in [0.3, 0.4) is 0 Å². The summed E-state index contributed by atoms with van der Waals surface area (Å²) in [7, 11) is 2.17. The van der Waals surface area contributed by atoms with Crippen molar-refractivity contribution in [2.24, 2.45) is 5.73 Å². The highest BCUT2D eigenvalue weighted by atomic mass is 15.1. The first-order chi connectivity index (χ1) is 8.13. The molecule has 1 aliphatic heterocycles. The second kappa shape index (κ2) is 6.66. The van der Waals surface area contributed by atoms with Crippen molar-refractivity contribution in [2.75, 3.05) is 20.1 Å². The van der Waals surface area contributed by atoms with Crippen LogP contribution < -0.4 is 5.73 Å². The average Bonchev–Trinajstić information content (AvgIpc) is 2.81. The molecule has 17 heavy (non-hydrogen) atoms. The van der Waals surface area contributed by atoms with Crippen LogP contribution in [0.15, 0.2) is 24.3 Å². The number of amidine groups is 1. The largest absolute Gasteiger partial charge is 0.384 e. The van der Waals surface area contributed by atoms with Crippen molar-refractivity contribution in [3.63, 3.8) is 0 Å². The van der Waals surface area contributed by atoms with Gasteiger partial charge in [0.15, 0.2) is 0 Å². The molecular weight excluding hydrogens is 212 g/mol. The van der Waals surface area contributed by atoms with Crippen molar-refractivity contribution in [2.45, 2.75) is 12.8 Å². The van der Waals surface area contributed by atoms with Crippen LogP contribution in [-0.4, -0.2) is 30.9 Å². The topological polar surface area (TPSA) is 76.9 Å². The molecule has 0 atom stereocenters. The number of nitrogens with one attached hydrogen (secondary N) is 1. The van der Waals surface area contributed by atoms with Gasteiger partial charge in [0.25, 0.3) is 0 Å². The molecule has 0 aromatic heterocycles. The highest BCUT2D eigenvalue weighted by Crippen LogP contribution is 2.02. The Morgan fingerprint density at radius 3 is 2.12 bits per heavy atom. The van der Waals surface area contributed by atoms with Crippen molar-refractivity contribution in [1.29, 1.82) is 10.7 Å². The number of likely N-dealkylation sites (tertiary alicyclic amines) is 1. The van der Waals surface area contributed by atoms with Gasteiger partial charge in [0.1, 0.15) is 5.84 Å². The number of hydrogen-bond donors (Lipinski definition) is 2. The van der Waals surface area contributed by atoms with Gasteiger partial charge in [0, 0.05) is 5.56 Å². The molecule has 1 aromatic rings. The van der Waals surface area contributed by atoms with Gasteiger partial charge in [-0.25, -0.2) is 0 Å². The Morgan fingerprint density at radius 1 is 1.29 bits per heavy atom. The van der Waals surface area contributed by atoms with Crippen molar-refractivity contribution >= 4 is 5.84 Å². The lowest BCUT2D eigenvalue weighted by Crippen LogP contribution is -2.10. The average molecular weight is 230 g/mol. The van der Waals surface area contributed by atoms with Crippen LogP contribution in [0.25, 0.3) is 0 Å². The summed E-state index contributed by atoms with van der Waals surface area (Å²) in [6.45, 7) is 2.64. The zero-order valence-corrected chi connectivity index (χ0v) is 10.1. The van der Waals surface area contributed by atoms with Gasteiger partial charge >= 0.3 is 0 Å². The van der Waals surface area contributed by atoms with Crippen LogP contribution >= 0.6 is 0 Å². The number of hydrogen-bond acceptors (Lipinski definition) is 3. The third kappa shape index (κ3) is 4.66. The van der Waals surface area contributed by atoms with Crippen molar-refractivity contribution in [3.05, 3.63) is 35.4 Å². The number of nitriles is 1. The van der Waals surface area contributed by atoms with Crippen molar-refractivity contribution in [3.8, 4) is 6.07 Å². The summed E-state index contributed by atoms with van der Waals surface area (Å²) in [5.41, 5.74) is 6.43. The lowest BCUT2D eigenvalue weighted by molar-refractivity contribution is 0.418. The minimum Gasteiger partial charge on any atom is -0.384 e. The summed E-state index contributed by atoms with van der Waals surface area (Å²) in [5, 5.41) is 15.5. The molecule has 1 fully saturated rings. The summed E-state index contributed by atoms with van der Waals surface area (Å²) >= 11 is 0. The highest BCUT2D eigenvalue weighted by Gasteiger charge is 2.03. The molecule has 1 saturated heterocycles. The Balaban J connectivity index is 0.000000202. The molecule has 0 amide bonds. The normalized spacial score (nSPS) is 14.6. The van der Waals surface area contributed by atoms with Crippen LogP contribution in [0.4, 0.5) is 0 Å². The van der Waals surface area contributed by atoms with E-state index in [-0.39, 0.29) is 5.84 Å². The monoisotopic (exact) mass is 230 g/mol. The molecule has 1 aliphatic rings. The first-order valence-electron chi connectivity index (χ1n) is 5.66. The molecule has 0 unspecified atom stereocenters. The molecule has 3 N–H and O–H groups in total. The molecule has 0 saturated carbocycles. The van der Waals surface area contributed by atoms with Gasteiger partial charge in [-0.2, -0.15) is 5.26 Å². The third-order valence-electron chi connectivity index (χ3n) is 2.65. The fourth-order valence-electron chi connectivity index (χ4n) is 1.60. The number of nitrogens with two attached hydrogens (primary N) is 1. The van der Waals surface area contributed by atoms with Gasteiger partial charge in [0.05, 0.1) is 11.6 Å². The minimum absolute atomic E-state index is 0.0227. The molecule has 4 nitrogen and oxygen atoms in total. The fourth-order valence-corrected chi connectivity index (χ4v) is 1.60. The molecule has 4 heteroatoms. The summed E-state index contributed by atoms with van der Waals surface area (Å²) in [6.07, 6.45) is 2.83. The van der Waals surface area contributed by atoms with Gasteiger partial charge in [-0.3, -0.25) is 5.41 Å². The van der Waals surface area contributed by atoms with Crippen LogP contribution in [0, 0.1) is 16.7 Å². The maximum Gasteiger partial charge on any atom is 0.122 e. The summed E-state index contributed by atoms with van der Waals surface area (Å²) in [4.78, 5) is 2.36. The van der Waals surface area contributed by atoms with E-state index in [0.717, 1.165) is 0 Å². The van der Waals surface area contributed by atoms with E-state index in [1.54, 1.807) is 24.3 Å². The lowest BCUT2D eigenvalue weighted by Gasteiger charge is -2.01. The first-order valence-corrected chi connectivity index (χ1v) is 5.66. The maximum absolute atomic E-state index is 8.43. The van der Waals surface area contributed by atoms with Crippen LogP contribution in [0.2, 0.25) is 0 Å². The second-order valence-corrected chi connectivity index (χ2v) is 4.11. The molecule has 0 aliphatic carbocycles. The molecule has 2 rings (SSSR count). The Kier molecular flexibility index (Phi) is 5.18. The molecular formula is C13H18N4. The molecule has 1 heterocycles. The van der Waals surface area contributed by atoms with Gasteiger partial charge in [-0.1, -0.05) is 0 Å². The van der Waals surface area contributed by atoms with E-state index in [4.69, 9.17) is 16.4 Å². The van der Waals surface area contributed by atoms with E-state index >= 15 is 0 Å². The fraction of sp³-hybridized carbons (Fsp3) is 0.385. The second-order valence-electron chi connectivity index (χ2n) is 4.11. The smallest absolute Gasteiger partial charge is 0.122 e. The lowest BCUT2D eigenvalue weighted by atomic mass is 10.1. The van der Waals surface area contributed by atoms with E-state index in [0.29, 0.717) is 11.1 Å². The van der Waals surface area contributed by atoms with E-state index < -0.39 is 0 Å². The highest BCUT2D eigenvalue weighted by molar-refractivity contribution is 5.94. The van der Waals surface area contributed by atoms with Gasteiger partial charge in [-0.05, 0) is 57.2 Å². The zero-order chi connectivity index (χ0) is 12.7. The van der Waals surface area contributed by atoms with Crippen LogP contribution in [-0.2, 0) is 0 Å². The Hall–Kier alpha value is -1.86. The number of nitrogen functional groups attached to an aromatic ring is 1. The molecule has 0 radical (unpaired) electrons. The quantitative estimate of drug-likeness (QED) is 0.567. The predicted molar refractivity (Wildman–Crippen MR) is 68.9 cm³/mol. The SMILES string of the molecule is CN1CCCC1.N#Cc1ccc(C(=N)N)cc1. The third-order valence-corrected chi connectivity index (χ3v) is 2.65. The number of rotatable bonds is 1. The molecule has 90 valence electrons. The minimum atomic E-state index is 0.0227. The van der Waals surface area contributed by atoms with E-state index in [9.17, 15) is 0 Å². The Bertz CT molecular complexity index is 396. The van der Waals surface area contributed by atoms with Crippen molar-refractivity contribution < 1.29 is 0 Å². The van der Waals surface area contributed by atoms with Crippen molar-refractivity contribution in [1.82, 2.24) is 4.90 Å². The van der Waals surface area contributed by atoms with E-state index in [1.165, 1.54) is 25.9 Å².